The third-order valence-electron chi connectivity index (χ3n) is 3.66. The molecule has 0 saturated heterocycles. The summed E-state index contributed by atoms with van der Waals surface area (Å²) in [6.45, 7) is 3.67. The number of likely N-dealkylation sites (N-methyl/N-ethyl adjacent to an activating group) is 1. The van der Waals surface area contributed by atoms with Crippen LogP contribution in [0.5, 0.6) is 5.75 Å². The van der Waals surface area contributed by atoms with Crippen LogP contribution in [0.1, 0.15) is 49.9 Å². The van der Waals surface area contributed by atoms with E-state index in [-0.39, 0.29) is 12.0 Å². The minimum Gasteiger partial charge on any atom is -0.490 e. The lowest BCUT2D eigenvalue weighted by Crippen LogP contribution is -2.39. The van der Waals surface area contributed by atoms with E-state index < -0.39 is 5.60 Å². The molecule has 1 amide bonds. The largest absolute Gasteiger partial charge is 0.490 e. The summed E-state index contributed by atoms with van der Waals surface area (Å²) in [6.07, 6.45) is 4.91. The van der Waals surface area contributed by atoms with E-state index >= 15 is 0 Å². The summed E-state index contributed by atoms with van der Waals surface area (Å²) < 4.78 is 5.93. The second-order valence-corrected chi connectivity index (χ2v) is 6.53. The van der Waals surface area contributed by atoms with Gasteiger partial charge in [0.25, 0.3) is 5.91 Å². The Kier molecular flexibility index (Phi) is 4.88. The van der Waals surface area contributed by atoms with Crippen LogP contribution in [0.2, 0.25) is 0 Å². The second kappa shape index (κ2) is 6.48. The van der Waals surface area contributed by atoms with Crippen LogP contribution in [-0.2, 0) is 0 Å². The quantitative estimate of drug-likeness (QED) is 0.907. The van der Waals surface area contributed by atoms with Gasteiger partial charge in [0.05, 0.1) is 11.7 Å². The third-order valence-corrected chi connectivity index (χ3v) is 3.66. The average molecular weight is 291 g/mol. The molecule has 0 spiro atoms. The van der Waals surface area contributed by atoms with Crippen LogP contribution < -0.4 is 4.74 Å². The Balaban J connectivity index is 2.03. The van der Waals surface area contributed by atoms with Gasteiger partial charge in [0, 0.05) is 19.2 Å². The summed E-state index contributed by atoms with van der Waals surface area (Å²) in [7, 11) is 1.70. The summed E-state index contributed by atoms with van der Waals surface area (Å²) >= 11 is 0. The Labute approximate surface area is 126 Å². The molecule has 0 atom stereocenters. The van der Waals surface area contributed by atoms with Gasteiger partial charge in [-0.1, -0.05) is 6.07 Å². The molecule has 1 fully saturated rings. The van der Waals surface area contributed by atoms with Gasteiger partial charge in [-0.3, -0.25) is 4.79 Å². The average Bonchev–Trinajstić information content (AvgIpc) is 2.89. The smallest absolute Gasteiger partial charge is 0.253 e. The van der Waals surface area contributed by atoms with Gasteiger partial charge in [-0.2, -0.15) is 0 Å². The van der Waals surface area contributed by atoms with Crippen molar-refractivity contribution in [1.82, 2.24) is 4.90 Å². The molecule has 21 heavy (non-hydrogen) atoms. The first-order valence-corrected chi connectivity index (χ1v) is 7.60. The minimum atomic E-state index is -0.900. The zero-order chi connectivity index (χ0) is 15.5. The highest BCUT2D eigenvalue weighted by atomic mass is 16.5. The highest BCUT2D eigenvalue weighted by molar-refractivity contribution is 5.94. The maximum atomic E-state index is 12.4. The molecule has 0 heterocycles. The minimum absolute atomic E-state index is 0.103. The first-order valence-electron chi connectivity index (χ1n) is 7.60. The molecule has 0 aliphatic heterocycles. The molecular formula is C17H25NO3. The Morgan fingerprint density at radius 3 is 2.67 bits per heavy atom. The number of carbonyl (C=O) groups is 1. The molecule has 4 nitrogen and oxygen atoms in total. The van der Waals surface area contributed by atoms with E-state index in [1.807, 2.05) is 12.1 Å². The number of nitrogens with zero attached hydrogens (tertiary/aromatic N) is 1. The molecule has 1 saturated carbocycles. The standard InChI is InChI=1S/C17H25NO3/c1-17(2,20)12-18(3)16(19)13-7-6-10-15(11-13)21-14-8-4-5-9-14/h6-7,10-11,14,20H,4-5,8-9,12H2,1-3H3. The highest BCUT2D eigenvalue weighted by Gasteiger charge is 2.21. The van der Waals surface area contributed by atoms with Crippen molar-refractivity contribution in [1.29, 1.82) is 0 Å². The number of benzene rings is 1. The maximum Gasteiger partial charge on any atom is 0.253 e. The fourth-order valence-corrected chi connectivity index (χ4v) is 2.77. The van der Waals surface area contributed by atoms with Crippen molar-refractivity contribution in [3.8, 4) is 5.75 Å². The van der Waals surface area contributed by atoms with Gasteiger partial charge in [0.2, 0.25) is 0 Å². The predicted molar refractivity (Wildman–Crippen MR) is 82.6 cm³/mol. The number of rotatable bonds is 5. The van der Waals surface area contributed by atoms with Crippen LogP contribution in [0.25, 0.3) is 0 Å². The monoisotopic (exact) mass is 291 g/mol. The van der Waals surface area contributed by atoms with E-state index in [9.17, 15) is 9.90 Å². The summed E-state index contributed by atoms with van der Waals surface area (Å²) in [6, 6.07) is 7.31. The van der Waals surface area contributed by atoms with E-state index in [0.717, 1.165) is 18.6 Å². The van der Waals surface area contributed by atoms with Crippen molar-refractivity contribution in [2.75, 3.05) is 13.6 Å². The van der Waals surface area contributed by atoms with Gasteiger partial charge in [-0.05, 0) is 57.7 Å². The fraction of sp³-hybridized carbons (Fsp3) is 0.588. The number of hydrogen-bond donors (Lipinski definition) is 1. The van der Waals surface area contributed by atoms with Crippen molar-refractivity contribution in [2.45, 2.75) is 51.2 Å². The molecule has 0 unspecified atom stereocenters. The summed E-state index contributed by atoms with van der Waals surface area (Å²) in [4.78, 5) is 13.9. The summed E-state index contributed by atoms with van der Waals surface area (Å²) in [5, 5.41) is 9.81. The van der Waals surface area contributed by atoms with E-state index in [4.69, 9.17) is 4.74 Å². The molecular weight excluding hydrogens is 266 g/mol. The zero-order valence-electron chi connectivity index (χ0n) is 13.1. The van der Waals surface area contributed by atoms with E-state index in [1.54, 1.807) is 33.0 Å². The van der Waals surface area contributed by atoms with Crippen LogP contribution in [0.4, 0.5) is 0 Å². The molecule has 0 radical (unpaired) electrons. The lowest BCUT2D eigenvalue weighted by Gasteiger charge is -2.25. The van der Waals surface area contributed by atoms with Gasteiger partial charge in [0.1, 0.15) is 5.75 Å². The number of amides is 1. The summed E-state index contributed by atoms with van der Waals surface area (Å²) in [5.74, 6) is 0.651. The van der Waals surface area contributed by atoms with Crippen molar-refractivity contribution in [2.24, 2.45) is 0 Å². The first kappa shape index (κ1) is 15.8. The Bertz CT molecular complexity index is 487. The lowest BCUT2D eigenvalue weighted by molar-refractivity contribution is 0.0367. The second-order valence-electron chi connectivity index (χ2n) is 6.53. The van der Waals surface area contributed by atoms with Gasteiger partial charge >= 0.3 is 0 Å². The maximum absolute atomic E-state index is 12.4. The molecule has 1 N–H and O–H groups in total. The predicted octanol–water partition coefficient (Wildman–Crippen LogP) is 2.85. The summed E-state index contributed by atoms with van der Waals surface area (Å²) in [5.41, 5.74) is -0.306. The number of hydrogen-bond acceptors (Lipinski definition) is 3. The van der Waals surface area contributed by atoms with Gasteiger partial charge in [-0.25, -0.2) is 0 Å². The van der Waals surface area contributed by atoms with Crippen LogP contribution in [0.15, 0.2) is 24.3 Å². The molecule has 2 rings (SSSR count). The normalized spacial score (nSPS) is 16.0. The number of carbonyl (C=O) groups excluding carboxylic acids is 1. The van der Waals surface area contributed by atoms with E-state index in [0.29, 0.717) is 12.1 Å². The fourth-order valence-electron chi connectivity index (χ4n) is 2.77. The SMILES string of the molecule is CN(CC(C)(C)O)C(=O)c1cccc(OC2CCCC2)c1. The van der Waals surface area contributed by atoms with Crippen molar-refractivity contribution in [3.63, 3.8) is 0 Å². The molecule has 1 aromatic rings. The van der Waals surface area contributed by atoms with Crippen LogP contribution in [-0.4, -0.2) is 41.2 Å². The topological polar surface area (TPSA) is 49.8 Å². The van der Waals surface area contributed by atoms with Gasteiger partial charge in [0.15, 0.2) is 0 Å². The number of aliphatic hydroxyl groups is 1. The zero-order valence-corrected chi connectivity index (χ0v) is 13.1. The Hall–Kier alpha value is -1.55. The molecule has 0 bridgehead atoms. The van der Waals surface area contributed by atoms with Crippen molar-refractivity contribution < 1.29 is 14.6 Å². The Morgan fingerprint density at radius 2 is 2.05 bits per heavy atom. The third kappa shape index (κ3) is 4.74. The van der Waals surface area contributed by atoms with Gasteiger partial charge < -0.3 is 14.7 Å². The molecule has 0 aromatic heterocycles. The highest BCUT2D eigenvalue weighted by Crippen LogP contribution is 2.25. The Morgan fingerprint density at radius 1 is 1.38 bits per heavy atom. The molecule has 1 aromatic carbocycles. The first-order chi connectivity index (χ1) is 9.85. The van der Waals surface area contributed by atoms with E-state index in [1.165, 1.54) is 17.7 Å². The molecule has 116 valence electrons. The van der Waals surface area contributed by atoms with Gasteiger partial charge in [-0.15, -0.1) is 0 Å². The van der Waals surface area contributed by atoms with Crippen LogP contribution in [0, 0.1) is 0 Å². The van der Waals surface area contributed by atoms with Crippen molar-refractivity contribution in [3.05, 3.63) is 29.8 Å². The number of ether oxygens (including phenoxy) is 1. The van der Waals surface area contributed by atoms with Crippen LogP contribution >= 0.6 is 0 Å². The molecule has 4 heteroatoms. The molecule has 1 aliphatic rings. The lowest BCUT2D eigenvalue weighted by atomic mass is 10.1. The van der Waals surface area contributed by atoms with E-state index in [2.05, 4.69) is 0 Å². The van der Waals surface area contributed by atoms with Crippen LogP contribution in [0.3, 0.4) is 0 Å². The van der Waals surface area contributed by atoms with Crippen molar-refractivity contribution >= 4 is 5.91 Å². The molecule has 1 aliphatic carbocycles.